The van der Waals surface area contributed by atoms with Gasteiger partial charge >= 0.3 is 0 Å². The summed E-state index contributed by atoms with van der Waals surface area (Å²) in [5.41, 5.74) is 1.92. The number of nitrogens with zero attached hydrogens (tertiary/aromatic N) is 1. The number of hydrogen-bond acceptors (Lipinski definition) is 4. The molecule has 6 nitrogen and oxygen atoms in total. The summed E-state index contributed by atoms with van der Waals surface area (Å²) >= 11 is 0. The van der Waals surface area contributed by atoms with Crippen molar-refractivity contribution in [2.45, 2.75) is 20.1 Å². The van der Waals surface area contributed by atoms with Crippen molar-refractivity contribution < 1.29 is 22.0 Å². The monoisotopic (exact) mass is 395 g/mol. The number of rotatable bonds is 7. The second kappa shape index (κ2) is 8.72. The molecule has 0 aliphatic heterocycles. The van der Waals surface area contributed by atoms with Crippen LogP contribution in [0.1, 0.15) is 22.5 Å². The fraction of sp³-hybridized carbons (Fsp3) is 0.222. The highest BCUT2D eigenvalue weighted by Crippen LogP contribution is 2.17. The number of carbonyl (C=O) groups excluding carboxylic acids is 1. The van der Waals surface area contributed by atoms with E-state index < -0.39 is 28.4 Å². The SMILES string of the molecule is Cc1nc(CF)ccc1/C=C/C(=O)NCc1ccc(NS(C)(=O)=O)c(F)c1. The van der Waals surface area contributed by atoms with Crippen LogP contribution in [-0.2, 0) is 28.0 Å². The minimum absolute atomic E-state index is 0.0667. The maximum absolute atomic E-state index is 13.9. The molecular formula is C18H19F2N3O3S. The molecule has 0 saturated heterocycles. The van der Waals surface area contributed by atoms with Crippen LogP contribution in [0.15, 0.2) is 36.4 Å². The van der Waals surface area contributed by atoms with Crippen LogP contribution in [-0.4, -0.2) is 25.6 Å². The Morgan fingerprint density at radius 1 is 1.26 bits per heavy atom. The van der Waals surface area contributed by atoms with Crippen molar-refractivity contribution in [3.63, 3.8) is 0 Å². The summed E-state index contributed by atoms with van der Waals surface area (Å²) in [6.07, 6.45) is 3.78. The predicted molar refractivity (Wildman–Crippen MR) is 99.5 cm³/mol. The average molecular weight is 395 g/mol. The Balaban J connectivity index is 1.96. The van der Waals surface area contributed by atoms with E-state index in [1.807, 2.05) is 0 Å². The molecule has 2 aromatic rings. The summed E-state index contributed by atoms with van der Waals surface area (Å²) in [5, 5.41) is 2.59. The van der Waals surface area contributed by atoms with Crippen LogP contribution in [0.2, 0.25) is 0 Å². The number of aromatic nitrogens is 1. The topological polar surface area (TPSA) is 88.2 Å². The fourth-order valence-corrected chi connectivity index (χ4v) is 2.80. The molecule has 9 heteroatoms. The highest BCUT2D eigenvalue weighted by molar-refractivity contribution is 7.92. The van der Waals surface area contributed by atoms with Gasteiger partial charge in [-0.2, -0.15) is 0 Å². The summed E-state index contributed by atoms with van der Waals surface area (Å²) in [6.45, 7) is 1.13. The highest BCUT2D eigenvalue weighted by Gasteiger charge is 2.08. The van der Waals surface area contributed by atoms with Crippen molar-refractivity contribution in [3.05, 3.63) is 64.7 Å². The number of alkyl halides is 1. The van der Waals surface area contributed by atoms with Gasteiger partial charge in [-0.25, -0.2) is 17.2 Å². The predicted octanol–water partition coefficient (Wildman–Crippen LogP) is 2.70. The van der Waals surface area contributed by atoms with E-state index in [2.05, 4.69) is 15.0 Å². The Morgan fingerprint density at radius 3 is 2.59 bits per heavy atom. The number of sulfonamides is 1. The van der Waals surface area contributed by atoms with Gasteiger partial charge in [-0.1, -0.05) is 12.1 Å². The Kier molecular flexibility index (Phi) is 6.62. The van der Waals surface area contributed by atoms with Crippen LogP contribution in [0.4, 0.5) is 14.5 Å². The first-order valence-corrected chi connectivity index (χ1v) is 9.81. The lowest BCUT2D eigenvalue weighted by Crippen LogP contribution is -2.20. The lowest BCUT2D eigenvalue weighted by atomic mass is 10.1. The number of benzene rings is 1. The van der Waals surface area contributed by atoms with Gasteiger partial charge in [0.25, 0.3) is 0 Å². The number of nitrogens with one attached hydrogen (secondary N) is 2. The molecule has 27 heavy (non-hydrogen) atoms. The molecule has 2 rings (SSSR count). The first-order valence-electron chi connectivity index (χ1n) is 7.92. The first-order chi connectivity index (χ1) is 12.7. The van der Waals surface area contributed by atoms with Gasteiger partial charge in [0.05, 0.1) is 17.6 Å². The number of aryl methyl sites for hydroxylation is 1. The third-order valence-corrected chi connectivity index (χ3v) is 4.12. The second-order valence-electron chi connectivity index (χ2n) is 5.85. The quantitative estimate of drug-likeness (QED) is 0.706. The number of carbonyl (C=O) groups is 1. The molecule has 0 radical (unpaired) electrons. The minimum atomic E-state index is -3.57. The Bertz CT molecular complexity index is 976. The van der Waals surface area contributed by atoms with Crippen LogP contribution < -0.4 is 10.0 Å². The first kappa shape index (κ1) is 20.5. The Labute approximate surface area is 156 Å². The van der Waals surface area contributed by atoms with Gasteiger partial charge in [0, 0.05) is 18.3 Å². The van der Waals surface area contributed by atoms with Crippen molar-refractivity contribution in [1.82, 2.24) is 10.3 Å². The Morgan fingerprint density at radius 2 is 2.00 bits per heavy atom. The number of anilines is 1. The standard InChI is InChI=1S/C18H19F2N3O3S/c1-12-14(4-6-15(10-19)22-12)5-8-18(24)21-11-13-3-7-17(16(20)9-13)23-27(2,25)26/h3-9,23H,10-11H2,1-2H3,(H,21,24)/b8-5+. The fourth-order valence-electron chi connectivity index (χ4n) is 2.24. The molecule has 1 aromatic carbocycles. The molecule has 1 amide bonds. The molecule has 0 fully saturated rings. The van der Waals surface area contributed by atoms with Crippen molar-refractivity contribution >= 4 is 27.7 Å². The second-order valence-corrected chi connectivity index (χ2v) is 7.60. The number of pyridine rings is 1. The summed E-state index contributed by atoms with van der Waals surface area (Å²) in [6, 6.07) is 7.14. The van der Waals surface area contributed by atoms with Gasteiger partial charge < -0.3 is 5.32 Å². The zero-order chi connectivity index (χ0) is 20.0. The van der Waals surface area contributed by atoms with Crippen molar-refractivity contribution in [2.24, 2.45) is 0 Å². The summed E-state index contributed by atoms with van der Waals surface area (Å²) in [5.74, 6) is -1.14. The number of halogens is 2. The van der Waals surface area contributed by atoms with Crippen molar-refractivity contribution in [2.75, 3.05) is 11.0 Å². The average Bonchev–Trinajstić information content (AvgIpc) is 2.59. The zero-order valence-corrected chi connectivity index (χ0v) is 15.6. The van der Waals surface area contributed by atoms with Crippen LogP contribution >= 0.6 is 0 Å². The molecule has 0 atom stereocenters. The van der Waals surface area contributed by atoms with Gasteiger partial charge in [-0.05, 0) is 42.3 Å². The molecule has 0 unspecified atom stereocenters. The van der Waals surface area contributed by atoms with E-state index in [1.165, 1.54) is 18.2 Å². The Hall–Kier alpha value is -2.81. The number of hydrogen-bond donors (Lipinski definition) is 2. The van der Waals surface area contributed by atoms with Gasteiger partial charge in [0.15, 0.2) is 0 Å². The molecule has 0 saturated carbocycles. The van der Waals surface area contributed by atoms with E-state index in [0.717, 1.165) is 12.3 Å². The largest absolute Gasteiger partial charge is 0.348 e. The molecule has 2 N–H and O–H groups in total. The van der Waals surface area contributed by atoms with Crippen LogP contribution in [0.5, 0.6) is 0 Å². The van der Waals surface area contributed by atoms with Gasteiger partial charge in [-0.15, -0.1) is 0 Å². The molecule has 0 aliphatic carbocycles. The van der Waals surface area contributed by atoms with Crippen molar-refractivity contribution in [3.8, 4) is 0 Å². The lowest BCUT2D eigenvalue weighted by molar-refractivity contribution is -0.116. The summed E-state index contributed by atoms with van der Waals surface area (Å²) < 4.78 is 50.8. The van der Waals surface area contributed by atoms with E-state index in [9.17, 15) is 22.0 Å². The molecule has 0 bridgehead atoms. The molecular weight excluding hydrogens is 376 g/mol. The van der Waals surface area contributed by atoms with E-state index in [1.54, 1.807) is 25.1 Å². The molecule has 0 spiro atoms. The third-order valence-electron chi connectivity index (χ3n) is 3.53. The van der Waals surface area contributed by atoms with E-state index in [-0.39, 0.29) is 12.2 Å². The minimum Gasteiger partial charge on any atom is -0.348 e. The van der Waals surface area contributed by atoms with E-state index >= 15 is 0 Å². The summed E-state index contributed by atoms with van der Waals surface area (Å²) in [7, 11) is -3.57. The van der Waals surface area contributed by atoms with Crippen LogP contribution in [0, 0.1) is 12.7 Å². The maximum Gasteiger partial charge on any atom is 0.244 e. The number of amides is 1. The molecule has 0 aliphatic rings. The van der Waals surface area contributed by atoms with Gasteiger partial charge in [-0.3, -0.25) is 14.5 Å². The summed E-state index contributed by atoms with van der Waals surface area (Å²) in [4.78, 5) is 16.0. The van der Waals surface area contributed by atoms with Gasteiger partial charge in [0.2, 0.25) is 15.9 Å². The van der Waals surface area contributed by atoms with E-state index in [4.69, 9.17) is 0 Å². The smallest absolute Gasteiger partial charge is 0.244 e. The third kappa shape index (κ3) is 6.45. The zero-order valence-electron chi connectivity index (χ0n) is 14.8. The maximum atomic E-state index is 13.9. The van der Waals surface area contributed by atoms with Crippen LogP contribution in [0.3, 0.4) is 0 Å². The van der Waals surface area contributed by atoms with Crippen molar-refractivity contribution in [1.29, 1.82) is 0 Å². The highest BCUT2D eigenvalue weighted by atomic mass is 32.2. The van der Waals surface area contributed by atoms with Crippen LogP contribution in [0.25, 0.3) is 6.08 Å². The lowest BCUT2D eigenvalue weighted by Gasteiger charge is -2.08. The molecule has 1 aromatic heterocycles. The molecule has 1 heterocycles. The normalized spacial score (nSPS) is 11.6. The molecule has 144 valence electrons. The van der Waals surface area contributed by atoms with Gasteiger partial charge in [0.1, 0.15) is 12.5 Å². The van der Waals surface area contributed by atoms with E-state index in [0.29, 0.717) is 22.5 Å².